The van der Waals surface area contributed by atoms with Gasteiger partial charge in [0.25, 0.3) is 6.47 Å². The van der Waals surface area contributed by atoms with E-state index in [1.165, 1.54) is 16.0 Å². The molecule has 0 aliphatic rings. The Labute approximate surface area is 70.5 Å². The molecule has 3 heteroatoms. The van der Waals surface area contributed by atoms with Crippen LogP contribution in [0.2, 0.25) is 0 Å². The van der Waals surface area contributed by atoms with Gasteiger partial charge >= 0.3 is 0 Å². The van der Waals surface area contributed by atoms with Crippen molar-refractivity contribution in [2.24, 2.45) is 0 Å². The first-order valence-electron chi connectivity index (χ1n) is 3.22. The summed E-state index contributed by atoms with van der Waals surface area (Å²) in [4.78, 5) is 9.81. The van der Waals surface area contributed by atoms with Gasteiger partial charge < -0.3 is 5.11 Å². The molecule has 1 aromatic heterocycles. The molecule has 0 saturated carbocycles. The van der Waals surface area contributed by atoms with Crippen LogP contribution >= 0.6 is 11.3 Å². The molecule has 0 aliphatic carbocycles. The smallest absolute Gasteiger partial charge is 0.290 e. The first-order valence-corrected chi connectivity index (χ1v) is 4.10. The van der Waals surface area contributed by atoms with Gasteiger partial charge in [-0.2, -0.15) is 0 Å². The highest BCUT2D eigenvalue weighted by atomic mass is 32.1. The lowest BCUT2D eigenvalue weighted by Gasteiger charge is -1.86. The van der Waals surface area contributed by atoms with Crippen molar-refractivity contribution in [2.75, 3.05) is 0 Å². The van der Waals surface area contributed by atoms with E-state index in [0.29, 0.717) is 0 Å². The van der Waals surface area contributed by atoms with Crippen LogP contribution in [0.1, 0.15) is 16.0 Å². The Morgan fingerprint density at radius 3 is 2.00 bits per heavy atom. The number of hydrogen-bond acceptors (Lipinski definition) is 2. The van der Waals surface area contributed by atoms with Gasteiger partial charge in [-0.25, -0.2) is 0 Å². The molecule has 62 valence electrons. The number of hydrogen-bond donors (Lipinski definition) is 1. The van der Waals surface area contributed by atoms with E-state index in [4.69, 9.17) is 9.90 Å². The van der Waals surface area contributed by atoms with Crippen molar-refractivity contribution in [3.8, 4) is 0 Å². The molecule has 0 radical (unpaired) electrons. The van der Waals surface area contributed by atoms with Crippen LogP contribution in [0.4, 0.5) is 0 Å². The molecule has 0 aromatic carbocycles. The fourth-order valence-electron chi connectivity index (χ4n) is 0.631. The molecule has 0 unspecified atom stereocenters. The van der Waals surface area contributed by atoms with Crippen LogP contribution < -0.4 is 0 Å². The van der Waals surface area contributed by atoms with E-state index < -0.39 is 0 Å². The van der Waals surface area contributed by atoms with Crippen molar-refractivity contribution in [3.05, 3.63) is 21.4 Å². The number of carboxylic acid groups (broad SMARTS) is 1. The van der Waals surface area contributed by atoms with Gasteiger partial charge in [-0.15, -0.1) is 11.3 Å². The molecular weight excluding hydrogens is 160 g/mol. The Kier molecular flexibility index (Phi) is 4.54. The third-order valence-electron chi connectivity index (χ3n) is 1.53. The zero-order valence-corrected chi connectivity index (χ0v) is 7.73. The van der Waals surface area contributed by atoms with Gasteiger partial charge in [0, 0.05) is 4.88 Å². The summed E-state index contributed by atoms with van der Waals surface area (Å²) >= 11 is 1.83. The molecule has 0 amide bonds. The third-order valence-corrected chi connectivity index (χ3v) is 2.66. The number of aryl methyl sites for hydroxylation is 2. The van der Waals surface area contributed by atoms with Gasteiger partial charge in [-0.05, 0) is 37.3 Å². The lowest BCUT2D eigenvalue weighted by atomic mass is 10.2. The SMILES string of the molecule is Cc1csc(C)c1C.O=CO. The van der Waals surface area contributed by atoms with Crippen molar-refractivity contribution in [1.82, 2.24) is 0 Å². The molecule has 1 N–H and O–H groups in total. The number of rotatable bonds is 0. The summed E-state index contributed by atoms with van der Waals surface area (Å²) in [5, 5.41) is 9.09. The van der Waals surface area contributed by atoms with Crippen molar-refractivity contribution < 1.29 is 9.90 Å². The Hall–Kier alpha value is -0.830. The lowest BCUT2D eigenvalue weighted by molar-refractivity contribution is -0.122. The summed E-state index contributed by atoms with van der Waals surface area (Å²) in [6.45, 7) is 6.23. The summed E-state index contributed by atoms with van der Waals surface area (Å²) in [6.07, 6.45) is 0. The topological polar surface area (TPSA) is 37.3 Å². The Balaban J connectivity index is 0.000000292. The molecule has 1 rings (SSSR count). The zero-order chi connectivity index (χ0) is 8.85. The summed E-state index contributed by atoms with van der Waals surface area (Å²) in [6, 6.07) is 0. The van der Waals surface area contributed by atoms with Gasteiger partial charge in [0.2, 0.25) is 0 Å². The fraction of sp³-hybridized carbons (Fsp3) is 0.375. The van der Waals surface area contributed by atoms with Crippen LogP contribution in [0.15, 0.2) is 5.38 Å². The van der Waals surface area contributed by atoms with E-state index in [1.807, 2.05) is 11.3 Å². The maximum atomic E-state index is 8.36. The minimum Gasteiger partial charge on any atom is -0.483 e. The molecule has 11 heavy (non-hydrogen) atoms. The summed E-state index contributed by atoms with van der Waals surface area (Å²) in [7, 11) is 0. The molecule has 1 aromatic rings. The average molecular weight is 172 g/mol. The van der Waals surface area contributed by atoms with E-state index in [2.05, 4.69) is 26.2 Å². The Morgan fingerprint density at radius 1 is 1.45 bits per heavy atom. The van der Waals surface area contributed by atoms with E-state index in [-0.39, 0.29) is 6.47 Å². The van der Waals surface area contributed by atoms with Gasteiger partial charge in [0.1, 0.15) is 0 Å². The molecule has 2 nitrogen and oxygen atoms in total. The summed E-state index contributed by atoms with van der Waals surface area (Å²) < 4.78 is 0. The van der Waals surface area contributed by atoms with Crippen molar-refractivity contribution in [1.29, 1.82) is 0 Å². The highest BCUT2D eigenvalue weighted by Crippen LogP contribution is 2.18. The van der Waals surface area contributed by atoms with E-state index in [1.54, 1.807) is 0 Å². The first-order chi connectivity index (χ1) is 5.13. The molecule has 0 aliphatic heterocycles. The second-order valence-electron chi connectivity index (χ2n) is 2.21. The fourth-order valence-corrected chi connectivity index (χ4v) is 1.50. The number of thiophene rings is 1. The number of carbonyl (C=O) groups is 1. The van der Waals surface area contributed by atoms with Crippen LogP contribution in [0.25, 0.3) is 0 Å². The maximum Gasteiger partial charge on any atom is 0.290 e. The largest absolute Gasteiger partial charge is 0.483 e. The third kappa shape index (κ3) is 3.18. The van der Waals surface area contributed by atoms with Gasteiger partial charge in [-0.3, -0.25) is 4.79 Å². The Bertz CT molecular complexity index is 208. The lowest BCUT2D eigenvalue weighted by Crippen LogP contribution is -1.70. The second-order valence-corrected chi connectivity index (χ2v) is 3.29. The Morgan fingerprint density at radius 2 is 1.91 bits per heavy atom. The molecule has 0 bridgehead atoms. The molecular formula is C8H12O2S. The molecule has 0 saturated heterocycles. The minimum absolute atomic E-state index is 0.250. The van der Waals surface area contributed by atoms with Crippen molar-refractivity contribution >= 4 is 17.8 Å². The van der Waals surface area contributed by atoms with Gasteiger partial charge in [0.05, 0.1) is 0 Å². The quantitative estimate of drug-likeness (QED) is 0.610. The minimum atomic E-state index is -0.250. The first kappa shape index (κ1) is 10.2. The highest BCUT2D eigenvalue weighted by Gasteiger charge is 1.95. The zero-order valence-electron chi connectivity index (χ0n) is 6.92. The van der Waals surface area contributed by atoms with E-state index in [0.717, 1.165) is 0 Å². The second kappa shape index (κ2) is 4.91. The molecule has 0 fully saturated rings. The standard InChI is InChI=1S/C7H10S.CH2O2/c1-5-4-8-7(3)6(5)2;2-1-3/h4H,1-3H3;1H,(H,2,3). The van der Waals surface area contributed by atoms with Crippen LogP contribution in [0, 0.1) is 20.8 Å². The molecule has 0 spiro atoms. The monoisotopic (exact) mass is 172 g/mol. The van der Waals surface area contributed by atoms with Gasteiger partial charge in [-0.1, -0.05) is 0 Å². The van der Waals surface area contributed by atoms with E-state index >= 15 is 0 Å². The van der Waals surface area contributed by atoms with Crippen LogP contribution in [-0.2, 0) is 4.79 Å². The molecule has 0 atom stereocenters. The van der Waals surface area contributed by atoms with Crippen LogP contribution in [0.5, 0.6) is 0 Å². The predicted octanol–water partition coefficient (Wildman–Crippen LogP) is 2.37. The van der Waals surface area contributed by atoms with Crippen molar-refractivity contribution in [3.63, 3.8) is 0 Å². The van der Waals surface area contributed by atoms with E-state index in [9.17, 15) is 0 Å². The summed E-state index contributed by atoms with van der Waals surface area (Å²) in [5.41, 5.74) is 2.88. The summed E-state index contributed by atoms with van der Waals surface area (Å²) in [5.74, 6) is 0. The maximum absolute atomic E-state index is 8.36. The predicted molar refractivity (Wildman–Crippen MR) is 47.2 cm³/mol. The average Bonchev–Trinajstić information content (AvgIpc) is 2.22. The normalized spacial score (nSPS) is 8.27. The van der Waals surface area contributed by atoms with Crippen LogP contribution in [-0.4, -0.2) is 11.6 Å². The van der Waals surface area contributed by atoms with Gasteiger partial charge in [0.15, 0.2) is 0 Å². The molecule has 1 heterocycles. The highest BCUT2D eigenvalue weighted by molar-refractivity contribution is 7.10. The van der Waals surface area contributed by atoms with Crippen LogP contribution in [0.3, 0.4) is 0 Å². The van der Waals surface area contributed by atoms with Crippen molar-refractivity contribution in [2.45, 2.75) is 20.8 Å².